The topological polar surface area (TPSA) is 29.9 Å². The van der Waals surface area contributed by atoms with E-state index in [0.717, 1.165) is 12.4 Å². The molecule has 108 valence electrons. The van der Waals surface area contributed by atoms with Crippen LogP contribution in [0.2, 0.25) is 0 Å². The number of nitrogens with one attached hydrogen (secondary N) is 1. The van der Waals surface area contributed by atoms with Crippen molar-refractivity contribution in [1.82, 2.24) is 14.9 Å². The molecule has 0 saturated heterocycles. The Balaban J connectivity index is 2.29. The lowest BCUT2D eigenvalue weighted by Crippen LogP contribution is -2.23. The Kier molecular flexibility index (Phi) is 4.61. The van der Waals surface area contributed by atoms with Gasteiger partial charge in [-0.15, -0.1) is 0 Å². The molecule has 3 heteroatoms. The average Bonchev–Trinajstić information content (AvgIpc) is 2.87. The summed E-state index contributed by atoms with van der Waals surface area (Å²) in [5.41, 5.74) is 4.01. The maximum absolute atomic E-state index is 4.47. The van der Waals surface area contributed by atoms with Gasteiger partial charge in [0.05, 0.1) is 6.04 Å². The summed E-state index contributed by atoms with van der Waals surface area (Å²) in [6.07, 6.45) is 3.97. The standard InChI is InChI=1S/C17H25N3/c1-12(2)17-19-8-9-20(17)11-16(18-5)15-10-13(3)6-7-14(15)4/h6-10,12,16,18H,11H2,1-5H3. The number of hydrogen-bond donors (Lipinski definition) is 1. The van der Waals surface area contributed by atoms with E-state index in [1.807, 2.05) is 13.2 Å². The Hall–Kier alpha value is -1.61. The molecule has 0 aliphatic heterocycles. The van der Waals surface area contributed by atoms with Crippen LogP contribution in [0, 0.1) is 13.8 Å². The Morgan fingerprint density at radius 3 is 2.65 bits per heavy atom. The summed E-state index contributed by atoms with van der Waals surface area (Å²) in [7, 11) is 2.03. The van der Waals surface area contributed by atoms with Gasteiger partial charge in [0.1, 0.15) is 5.82 Å². The van der Waals surface area contributed by atoms with Crippen molar-refractivity contribution in [2.45, 2.75) is 46.2 Å². The third-order valence-corrected chi connectivity index (χ3v) is 3.80. The molecule has 2 rings (SSSR count). The largest absolute Gasteiger partial charge is 0.333 e. The van der Waals surface area contributed by atoms with Gasteiger partial charge in [-0.1, -0.05) is 37.6 Å². The van der Waals surface area contributed by atoms with E-state index in [4.69, 9.17) is 0 Å². The predicted octanol–water partition coefficient (Wildman–Crippen LogP) is 3.58. The van der Waals surface area contributed by atoms with Crippen molar-refractivity contribution < 1.29 is 0 Å². The average molecular weight is 271 g/mol. The zero-order valence-corrected chi connectivity index (χ0v) is 13.1. The van der Waals surface area contributed by atoms with Crippen LogP contribution in [0.4, 0.5) is 0 Å². The van der Waals surface area contributed by atoms with E-state index in [1.54, 1.807) is 0 Å². The number of imidazole rings is 1. The SMILES string of the molecule is CNC(Cn1ccnc1C(C)C)c1cc(C)ccc1C. The van der Waals surface area contributed by atoms with Gasteiger partial charge in [-0.25, -0.2) is 4.98 Å². The summed E-state index contributed by atoms with van der Waals surface area (Å²) in [5.74, 6) is 1.59. The first-order chi connectivity index (χ1) is 9.52. The fraction of sp³-hybridized carbons (Fsp3) is 0.471. The van der Waals surface area contributed by atoms with E-state index in [9.17, 15) is 0 Å². The molecule has 0 fully saturated rings. The lowest BCUT2D eigenvalue weighted by atomic mass is 9.98. The van der Waals surface area contributed by atoms with Crippen LogP contribution in [0.3, 0.4) is 0 Å². The Labute approximate surface area is 122 Å². The van der Waals surface area contributed by atoms with E-state index in [0.29, 0.717) is 12.0 Å². The van der Waals surface area contributed by atoms with Crippen LogP contribution < -0.4 is 5.32 Å². The molecule has 1 aromatic heterocycles. The van der Waals surface area contributed by atoms with Gasteiger partial charge in [0.25, 0.3) is 0 Å². The molecule has 0 radical (unpaired) electrons. The fourth-order valence-electron chi connectivity index (χ4n) is 2.65. The molecule has 2 aromatic rings. The first-order valence-electron chi connectivity index (χ1n) is 7.28. The van der Waals surface area contributed by atoms with Crippen LogP contribution in [0.5, 0.6) is 0 Å². The molecular weight excluding hydrogens is 246 g/mol. The lowest BCUT2D eigenvalue weighted by molar-refractivity contribution is 0.479. The normalized spacial score (nSPS) is 12.9. The van der Waals surface area contributed by atoms with E-state index >= 15 is 0 Å². The second-order valence-corrected chi connectivity index (χ2v) is 5.79. The molecule has 0 saturated carbocycles. The minimum atomic E-state index is 0.307. The highest BCUT2D eigenvalue weighted by Gasteiger charge is 2.15. The molecule has 1 heterocycles. The molecule has 0 bridgehead atoms. The Bertz CT molecular complexity index is 569. The van der Waals surface area contributed by atoms with Crippen LogP contribution >= 0.6 is 0 Å². The first kappa shape index (κ1) is 14.8. The van der Waals surface area contributed by atoms with Crippen molar-refractivity contribution in [3.8, 4) is 0 Å². The van der Waals surface area contributed by atoms with E-state index in [-0.39, 0.29) is 0 Å². The van der Waals surface area contributed by atoms with Crippen molar-refractivity contribution in [3.05, 3.63) is 53.1 Å². The van der Waals surface area contributed by atoms with Gasteiger partial charge in [0.2, 0.25) is 0 Å². The highest BCUT2D eigenvalue weighted by atomic mass is 15.1. The van der Waals surface area contributed by atoms with Crippen LogP contribution in [0.25, 0.3) is 0 Å². The Morgan fingerprint density at radius 2 is 2.00 bits per heavy atom. The maximum atomic E-state index is 4.47. The summed E-state index contributed by atoms with van der Waals surface area (Å²) < 4.78 is 2.26. The fourth-order valence-corrected chi connectivity index (χ4v) is 2.65. The van der Waals surface area contributed by atoms with Crippen LogP contribution in [-0.4, -0.2) is 16.6 Å². The number of nitrogens with zero attached hydrogens (tertiary/aromatic N) is 2. The zero-order chi connectivity index (χ0) is 14.7. The van der Waals surface area contributed by atoms with Gasteiger partial charge in [-0.3, -0.25) is 0 Å². The molecule has 1 atom stereocenters. The quantitative estimate of drug-likeness (QED) is 0.900. The maximum Gasteiger partial charge on any atom is 0.111 e. The number of rotatable bonds is 5. The third-order valence-electron chi connectivity index (χ3n) is 3.80. The Morgan fingerprint density at radius 1 is 1.25 bits per heavy atom. The van der Waals surface area contributed by atoms with Crippen molar-refractivity contribution in [1.29, 1.82) is 0 Å². The van der Waals surface area contributed by atoms with Gasteiger partial charge in [0, 0.05) is 24.9 Å². The molecule has 1 aromatic carbocycles. The lowest BCUT2D eigenvalue weighted by Gasteiger charge is -2.22. The van der Waals surface area contributed by atoms with Crippen LogP contribution in [0.15, 0.2) is 30.6 Å². The molecule has 0 spiro atoms. The summed E-state index contributed by atoms with van der Waals surface area (Å²) in [6, 6.07) is 6.96. The van der Waals surface area contributed by atoms with Gasteiger partial charge in [-0.2, -0.15) is 0 Å². The molecule has 0 amide bonds. The number of hydrogen-bond acceptors (Lipinski definition) is 2. The molecule has 3 nitrogen and oxygen atoms in total. The summed E-state index contributed by atoms with van der Waals surface area (Å²) in [5, 5.41) is 3.44. The number of benzene rings is 1. The smallest absolute Gasteiger partial charge is 0.111 e. The second-order valence-electron chi connectivity index (χ2n) is 5.79. The van der Waals surface area contributed by atoms with E-state index < -0.39 is 0 Å². The molecule has 1 unspecified atom stereocenters. The van der Waals surface area contributed by atoms with Crippen LogP contribution in [-0.2, 0) is 6.54 Å². The highest BCUT2D eigenvalue weighted by molar-refractivity contribution is 5.33. The minimum Gasteiger partial charge on any atom is -0.333 e. The van der Waals surface area contributed by atoms with E-state index in [1.165, 1.54) is 16.7 Å². The van der Waals surface area contributed by atoms with Crippen LogP contribution in [0.1, 0.15) is 48.3 Å². The molecule has 0 aliphatic carbocycles. The molecule has 0 aliphatic rings. The van der Waals surface area contributed by atoms with Crippen molar-refractivity contribution in [3.63, 3.8) is 0 Å². The second kappa shape index (κ2) is 6.23. The molecule has 20 heavy (non-hydrogen) atoms. The summed E-state index contributed by atoms with van der Waals surface area (Å²) >= 11 is 0. The van der Waals surface area contributed by atoms with Gasteiger partial charge >= 0.3 is 0 Å². The molecular formula is C17H25N3. The summed E-state index contributed by atoms with van der Waals surface area (Å²) in [4.78, 5) is 4.47. The minimum absolute atomic E-state index is 0.307. The number of aryl methyl sites for hydroxylation is 2. The first-order valence-corrected chi connectivity index (χ1v) is 7.28. The predicted molar refractivity (Wildman–Crippen MR) is 84.0 cm³/mol. The monoisotopic (exact) mass is 271 g/mol. The third kappa shape index (κ3) is 3.10. The van der Waals surface area contributed by atoms with Gasteiger partial charge in [-0.05, 0) is 32.0 Å². The van der Waals surface area contributed by atoms with Crippen molar-refractivity contribution in [2.75, 3.05) is 7.05 Å². The van der Waals surface area contributed by atoms with E-state index in [2.05, 4.69) is 67.0 Å². The van der Waals surface area contributed by atoms with Crippen molar-refractivity contribution in [2.24, 2.45) is 0 Å². The number of likely N-dealkylation sites (N-methyl/N-ethyl adjacent to an activating group) is 1. The molecule has 1 N–H and O–H groups in total. The zero-order valence-electron chi connectivity index (χ0n) is 13.1. The van der Waals surface area contributed by atoms with Gasteiger partial charge < -0.3 is 9.88 Å². The summed E-state index contributed by atoms with van der Waals surface area (Å²) in [6.45, 7) is 9.60. The van der Waals surface area contributed by atoms with Crippen molar-refractivity contribution >= 4 is 0 Å². The highest BCUT2D eigenvalue weighted by Crippen LogP contribution is 2.22. The number of aromatic nitrogens is 2. The van der Waals surface area contributed by atoms with Gasteiger partial charge in [0.15, 0.2) is 0 Å².